The SMILES string of the molecule is CCCCCCCCCCCCC(C)(CCCC)NC(=O)C(F)(F)F. The molecule has 0 saturated heterocycles. The first-order valence-corrected chi connectivity index (χ1v) is 10.1. The van der Waals surface area contributed by atoms with Gasteiger partial charge in [0, 0.05) is 5.54 Å². The maximum Gasteiger partial charge on any atom is 0.471 e. The lowest BCUT2D eigenvalue weighted by molar-refractivity contribution is -0.175. The molecule has 0 aliphatic rings. The topological polar surface area (TPSA) is 29.1 Å². The first kappa shape index (κ1) is 24.3. The van der Waals surface area contributed by atoms with Crippen molar-refractivity contribution in [3.63, 3.8) is 0 Å². The monoisotopic (exact) mass is 365 g/mol. The molecule has 0 aliphatic heterocycles. The maximum atomic E-state index is 12.5. The van der Waals surface area contributed by atoms with Crippen LogP contribution < -0.4 is 5.32 Å². The highest BCUT2D eigenvalue weighted by molar-refractivity contribution is 5.82. The van der Waals surface area contributed by atoms with Crippen molar-refractivity contribution in [2.75, 3.05) is 0 Å². The van der Waals surface area contributed by atoms with Gasteiger partial charge < -0.3 is 5.32 Å². The van der Waals surface area contributed by atoms with E-state index in [0.29, 0.717) is 12.8 Å². The molecule has 0 aromatic carbocycles. The second-order valence-corrected chi connectivity index (χ2v) is 7.55. The van der Waals surface area contributed by atoms with Crippen LogP contribution in [0.1, 0.15) is 111 Å². The Morgan fingerprint density at radius 1 is 0.720 bits per heavy atom. The molecule has 0 heterocycles. The van der Waals surface area contributed by atoms with Crippen LogP contribution >= 0.6 is 0 Å². The molecule has 25 heavy (non-hydrogen) atoms. The van der Waals surface area contributed by atoms with Gasteiger partial charge in [-0.3, -0.25) is 4.79 Å². The number of amides is 1. The van der Waals surface area contributed by atoms with Gasteiger partial charge >= 0.3 is 12.1 Å². The van der Waals surface area contributed by atoms with Crippen LogP contribution in [0.25, 0.3) is 0 Å². The lowest BCUT2D eigenvalue weighted by Crippen LogP contribution is -2.51. The molecular formula is C20H38F3NO. The van der Waals surface area contributed by atoms with E-state index in [4.69, 9.17) is 0 Å². The molecule has 0 fully saturated rings. The molecule has 2 nitrogen and oxygen atoms in total. The van der Waals surface area contributed by atoms with Crippen LogP contribution in [0.3, 0.4) is 0 Å². The smallest absolute Gasteiger partial charge is 0.343 e. The van der Waals surface area contributed by atoms with Gasteiger partial charge in [0.15, 0.2) is 0 Å². The van der Waals surface area contributed by atoms with E-state index in [1.165, 1.54) is 44.9 Å². The first-order chi connectivity index (χ1) is 11.7. The van der Waals surface area contributed by atoms with Crippen molar-refractivity contribution in [1.29, 1.82) is 0 Å². The van der Waals surface area contributed by atoms with Crippen molar-refractivity contribution in [3.8, 4) is 0 Å². The fraction of sp³-hybridized carbons (Fsp3) is 0.950. The standard InChI is InChI=1S/C20H38F3NO/c1-4-6-8-9-10-11-12-13-14-15-17-19(3,16-7-5-2)24-18(25)20(21,22)23/h4-17H2,1-3H3,(H,24,25). The minimum absolute atomic E-state index is 0.600. The normalized spacial score (nSPS) is 14.3. The molecule has 5 heteroatoms. The predicted molar refractivity (Wildman–Crippen MR) is 98.6 cm³/mol. The second-order valence-electron chi connectivity index (χ2n) is 7.55. The van der Waals surface area contributed by atoms with Crippen LogP contribution in [-0.4, -0.2) is 17.6 Å². The average molecular weight is 366 g/mol. The molecule has 0 aromatic heterocycles. The van der Waals surface area contributed by atoms with Crippen LogP contribution in [0.5, 0.6) is 0 Å². The van der Waals surface area contributed by atoms with Gasteiger partial charge in [-0.2, -0.15) is 13.2 Å². The number of rotatable bonds is 15. The van der Waals surface area contributed by atoms with E-state index in [1.807, 2.05) is 6.92 Å². The van der Waals surface area contributed by atoms with Gasteiger partial charge in [0.2, 0.25) is 0 Å². The fourth-order valence-corrected chi connectivity index (χ4v) is 3.16. The number of hydrogen-bond acceptors (Lipinski definition) is 1. The predicted octanol–water partition coefficient (Wildman–Crippen LogP) is 6.92. The summed E-state index contributed by atoms with van der Waals surface area (Å²) in [5.74, 6) is -1.81. The number of alkyl halides is 3. The Labute approximate surface area is 152 Å². The Morgan fingerprint density at radius 3 is 1.56 bits per heavy atom. The van der Waals surface area contributed by atoms with Gasteiger partial charge in [0.1, 0.15) is 0 Å². The summed E-state index contributed by atoms with van der Waals surface area (Å²) in [6, 6.07) is 0. The maximum absolute atomic E-state index is 12.5. The zero-order chi connectivity index (χ0) is 19.2. The van der Waals surface area contributed by atoms with Crippen molar-refractivity contribution in [2.45, 2.75) is 122 Å². The average Bonchev–Trinajstić information content (AvgIpc) is 2.54. The Balaban J connectivity index is 4.01. The molecule has 0 rings (SSSR count). The van der Waals surface area contributed by atoms with Crippen molar-refractivity contribution in [1.82, 2.24) is 5.32 Å². The first-order valence-electron chi connectivity index (χ1n) is 10.1. The van der Waals surface area contributed by atoms with E-state index in [0.717, 1.165) is 32.1 Å². The lowest BCUT2D eigenvalue weighted by atomic mass is 9.88. The summed E-state index contributed by atoms with van der Waals surface area (Å²) in [5.41, 5.74) is -0.747. The Kier molecular flexibility index (Phi) is 13.1. The van der Waals surface area contributed by atoms with E-state index >= 15 is 0 Å². The summed E-state index contributed by atoms with van der Waals surface area (Å²) < 4.78 is 37.6. The molecule has 1 unspecified atom stereocenters. The van der Waals surface area contributed by atoms with Gasteiger partial charge in [-0.25, -0.2) is 0 Å². The molecular weight excluding hydrogens is 327 g/mol. The van der Waals surface area contributed by atoms with E-state index < -0.39 is 17.6 Å². The van der Waals surface area contributed by atoms with E-state index in [-0.39, 0.29) is 0 Å². The van der Waals surface area contributed by atoms with Gasteiger partial charge in [-0.1, -0.05) is 90.9 Å². The summed E-state index contributed by atoms with van der Waals surface area (Å²) in [7, 11) is 0. The summed E-state index contributed by atoms with van der Waals surface area (Å²) in [6.45, 7) is 5.97. The Hall–Kier alpha value is -0.740. The number of unbranched alkanes of at least 4 members (excludes halogenated alkanes) is 10. The van der Waals surface area contributed by atoms with Crippen LogP contribution in [-0.2, 0) is 4.79 Å². The molecule has 0 aliphatic carbocycles. The largest absolute Gasteiger partial charge is 0.471 e. The third-order valence-electron chi connectivity index (χ3n) is 4.84. The highest BCUT2D eigenvalue weighted by Gasteiger charge is 2.42. The molecule has 0 saturated carbocycles. The highest BCUT2D eigenvalue weighted by Crippen LogP contribution is 2.25. The van der Waals surface area contributed by atoms with E-state index in [2.05, 4.69) is 12.2 Å². The molecule has 0 radical (unpaired) electrons. The molecule has 0 spiro atoms. The molecule has 0 bridgehead atoms. The molecule has 1 atom stereocenters. The van der Waals surface area contributed by atoms with Gasteiger partial charge in [0.05, 0.1) is 0 Å². The highest BCUT2D eigenvalue weighted by atomic mass is 19.4. The van der Waals surface area contributed by atoms with Crippen LogP contribution in [0.4, 0.5) is 13.2 Å². The summed E-state index contributed by atoms with van der Waals surface area (Å²) in [5, 5.41) is 2.23. The second kappa shape index (κ2) is 13.5. The van der Waals surface area contributed by atoms with Crippen molar-refractivity contribution < 1.29 is 18.0 Å². The third kappa shape index (κ3) is 13.2. The summed E-state index contributed by atoms with van der Waals surface area (Å²) in [6.07, 6.45) is 10.1. The van der Waals surface area contributed by atoms with Crippen LogP contribution in [0.15, 0.2) is 0 Å². The number of carbonyl (C=O) groups excluding carboxylic acids is 1. The van der Waals surface area contributed by atoms with Crippen LogP contribution in [0.2, 0.25) is 0 Å². The van der Waals surface area contributed by atoms with Gasteiger partial charge in [-0.15, -0.1) is 0 Å². The van der Waals surface area contributed by atoms with E-state index in [1.54, 1.807) is 6.92 Å². The zero-order valence-corrected chi connectivity index (χ0v) is 16.4. The summed E-state index contributed by atoms with van der Waals surface area (Å²) >= 11 is 0. The molecule has 1 amide bonds. The number of carbonyl (C=O) groups is 1. The summed E-state index contributed by atoms with van der Waals surface area (Å²) in [4.78, 5) is 11.3. The fourth-order valence-electron chi connectivity index (χ4n) is 3.16. The van der Waals surface area contributed by atoms with Crippen molar-refractivity contribution in [2.24, 2.45) is 0 Å². The minimum atomic E-state index is -4.80. The Bertz CT molecular complexity index is 344. The quantitative estimate of drug-likeness (QED) is 0.313. The molecule has 150 valence electrons. The number of hydrogen-bond donors (Lipinski definition) is 1. The number of nitrogens with one attached hydrogen (secondary N) is 1. The number of halogens is 3. The lowest BCUT2D eigenvalue weighted by Gasteiger charge is -2.31. The van der Waals surface area contributed by atoms with Crippen LogP contribution in [0, 0.1) is 0 Å². The van der Waals surface area contributed by atoms with Crippen molar-refractivity contribution in [3.05, 3.63) is 0 Å². The Morgan fingerprint density at radius 2 is 1.12 bits per heavy atom. The van der Waals surface area contributed by atoms with Crippen molar-refractivity contribution >= 4 is 5.91 Å². The van der Waals surface area contributed by atoms with Gasteiger partial charge in [-0.05, 0) is 19.8 Å². The molecule has 1 N–H and O–H groups in total. The van der Waals surface area contributed by atoms with Gasteiger partial charge in [0.25, 0.3) is 0 Å². The zero-order valence-electron chi connectivity index (χ0n) is 16.4. The minimum Gasteiger partial charge on any atom is -0.343 e. The molecule has 0 aromatic rings. The third-order valence-corrected chi connectivity index (χ3v) is 4.84. The van der Waals surface area contributed by atoms with E-state index in [9.17, 15) is 18.0 Å².